The van der Waals surface area contributed by atoms with Crippen LogP contribution in [-0.4, -0.2) is 60.4 Å². The fourth-order valence-corrected chi connectivity index (χ4v) is 3.22. The molecule has 2 rings (SSSR count). The van der Waals surface area contributed by atoms with Gasteiger partial charge in [-0.1, -0.05) is 0 Å². The minimum Gasteiger partial charge on any atom is -0.352 e. The minimum atomic E-state index is -0.0563. The van der Waals surface area contributed by atoms with Crippen LogP contribution >= 0.6 is 11.3 Å². The molecule has 0 bridgehead atoms. The second-order valence-corrected chi connectivity index (χ2v) is 6.66. The first-order chi connectivity index (χ1) is 10.6. The maximum atomic E-state index is 12.1. The Kier molecular flexibility index (Phi) is 6.39. The highest BCUT2D eigenvalue weighted by Crippen LogP contribution is 2.08. The van der Waals surface area contributed by atoms with Crippen molar-refractivity contribution < 1.29 is 9.59 Å². The number of thiophene rings is 1. The van der Waals surface area contributed by atoms with Gasteiger partial charge in [0.15, 0.2) is 0 Å². The Morgan fingerprint density at radius 2 is 2.00 bits per heavy atom. The summed E-state index contributed by atoms with van der Waals surface area (Å²) in [5.41, 5.74) is 0.695. The number of hydrogen-bond acceptors (Lipinski definition) is 4. The van der Waals surface area contributed by atoms with Gasteiger partial charge in [0.05, 0.1) is 0 Å². The van der Waals surface area contributed by atoms with E-state index in [0.717, 1.165) is 26.2 Å². The van der Waals surface area contributed by atoms with Gasteiger partial charge in [0.2, 0.25) is 5.91 Å². The molecular formula is C16H25N3O2S. The molecule has 0 aliphatic carbocycles. The molecule has 5 nitrogen and oxygen atoms in total. The third-order valence-corrected chi connectivity index (χ3v) is 4.72. The molecule has 0 saturated carbocycles. The molecule has 1 saturated heterocycles. The summed E-state index contributed by atoms with van der Waals surface area (Å²) in [5.74, 6) is 0.146. The van der Waals surface area contributed by atoms with E-state index in [1.807, 2.05) is 15.7 Å². The summed E-state index contributed by atoms with van der Waals surface area (Å²) in [6.07, 6.45) is 1.20. The Hall–Kier alpha value is -1.40. The second kappa shape index (κ2) is 8.29. The van der Waals surface area contributed by atoms with E-state index < -0.39 is 0 Å². The highest BCUT2D eigenvalue weighted by molar-refractivity contribution is 7.08. The highest BCUT2D eigenvalue weighted by atomic mass is 32.1. The summed E-state index contributed by atoms with van der Waals surface area (Å²) in [6.45, 7) is 8.47. The van der Waals surface area contributed by atoms with Crippen molar-refractivity contribution in [2.24, 2.45) is 0 Å². The van der Waals surface area contributed by atoms with Crippen LogP contribution in [0.25, 0.3) is 0 Å². The van der Waals surface area contributed by atoms with Crippen LogP contribution in [0.1, 0.15) is 37.0 Å². The standard InChI is InChI=1S/C16H25N3O2S/c1-13(2)18-7-9-19(10-8-18)15(20)4-3-6-17-16(21)14-5-11-22-12-14/h5,11-13H,3-4,6-10H2,1-2H3,(H,17,21). The maximum absolute atomic E-state index is 12.1. The van der Waals surface area contributed by atoms with E-state index in [9.17, 15) is 9.59 Å². The van der Waals surface area contributed by atoms with Crippen LogP contribution in [0.3, 0.4) is 0 Å². The van der Waals surface area contributed by atoms with Gasteiger partial charge in [-0.3, -0.25) is 14.5 Å². The third kappa shape index (κ3) is 4.81. The van der Waals surface area contributed by atoms with Crippen LogP contribution in [0.4, 0.5) is 0 Å². The number of nitrogens with zero attached hydrogens (tertiary/aromatic N) is 2. The molecule has 0 radical (unpaired) electrons. The molecule has 0 aromatic carbocycles. The number of piperazine rings is 1. The smallest absolute Gasteiger partial charge is 0.252 e. The topological polar surface area (TPSA) is 52.6 Å². The van der Waals surface area contributed by atoms with Gasteiger partial charge in [0.25, 0.3) is 5.91 Å². The lowest BCUT2D eigenvalue weighted by Gasteiger charge is -2.37. The van der Waals surface area contributed by atoms with Gasteiger partial charge >= 0.3 is 0 Å². The summed E-state index contributed by atoms with van der Waals surface area (Å²) < 4.78 is 0. The van der Waals surface area contributed by atoms with Crippen molar-refractivity contribution in [1.82, 2.24) is 15.1 Å². The molecule has 6 heteroatoms. The predicted octanol–water partition coefficient (Wildman–Crippen LogP) is 1.81. The average molecular weight is 323 g/mol. The molecule has 0 atom stereocenters. The van der Waals surface area contributed by atoms with E-state index in [1.165, 1.54) is 11.3 Å². The lowest BCUT2D eigenvalue weighted by molar-refractivity contribution is -0.133. The molecule has 1 aliphatic rings. The molecule has 22 heavy (non-hydrogen) atoms. The lowest BCUT2D eigenvalue weighted by Crippen LogP contribution is -2.50. The van der Waals surface area contributed by atoms with Gasteiger partial charge in [0, 0.05) is 56.1 Å². The summed E-state index contributed by atoms with van der Waals surface area (Å²) in [4.78, 5) is 28.2. The molecule has 1 N–H and O–H groups in total. The first kappa shape index (κ1) is 17.0. The molecule has 1 aromatic rings. The van der Waals surface area contributed by atoms with Crippen molar-refractivity contribution in [3.63, 3.8) is 0 Å². The first-order valence-corrected chi connectivity index (χ1v) is 8.84. The van der Waals surface area contributed by atoms with E-state index in [4.69, 9.17) is 0 Å². The average Bonchev–Trinajstić information content (AvgIpc) is 3.05. The van der Waals surface area contributed by atoms with Gasteiger partial charge < -0.3 is 10.2 Å². The van der Waals surface area contributed by atoms with Gasteiger partial charge in [-0.25, -0.2) is 0 Å². The van der Waals surface area contributed by atoms with Crippen LogP contribution in [0.5, 0.6) is 0 Å². The Morgan fingerprint density at radius 3 is 2.59 bits per heavy atom. The fraction of sp³-hybridized carbons (Fsp3) is 0.625. The normalized spacial score (nSPS) is 16.0. The van der Waals surface area contributed by atoms with E-state index in [1.54, 1.807) is 6.07 Å². The Bertz CT molecular complexity index is 480. The third-order valence-electron chi connectivity index (χ3n) is 4.03. The zero-order valence-corrected chi connectivity index (χ0v) is 14.2. The summed E-state index contributed by atoms with van der Waals surface area (Å²) in [6, 6.07) is 2.35. The highest BCUT2D eigenvalue weighted by Gasteiger charge is 2.21. The molecule has 1 aromatic heterocycles. The predicted molar refractivity (Wildman–Crippen MR) is 89.2 cm³/mol. The first-order valence-electron chi connectivity index (χ1n) is 7.90. The molecule has 1 fully saturated rings. The van der Waals surface area contributed by atoms with Crippen molar-refractivity contribution in [2.45, 2.75) is 32.7 Å². The fourth-order valence-electron chi connectivity index (χ4n) is 2.58. The SMILES string of the molecule is CC(C)N1CCN(C(=O)CCCNC(=O)c2ccsc2)CC1. The quantitative estimate of drug-likeness (QED) is 0.813. The number of carbonyl (C=O) groups is 2. The van der Waals surface area contributed by atoms with Crippen LogP contribution < -0.4 is 5.32 Å². The van der Waals surface area contributed by atoms with Crippen LogP contribution in [0, 0.1) is 0 Å². The zero-order chi connectivity index (χ0) is 15.9. The van der Waals surface area contributed by atoms with Gasteiger partial charge in [-0.2, -0.15) is 11.3 Å². The lowest BCUT2D eigenvalue weighted by atomic mass is 10.2. The number of hydrogen-bond donors (Lipinski definition) is 1. The van der Waals surface area contributed by atoms with Crippen molar-refractivity contribution in [3.05, 3.63) is 22.4 Å². The van der Waals surface area contributed by atoms with Crippen molar-refractivity contribution >= 4 is 23.2 Å². The van der Waals surface area contributed by atoms with Gasteiger partial charge in [-0.15, -0.1) is 0 Å². The number of amides is 2. The molecule has 2 amide bonds. The zero-order valence-electron chi connectivity index (χ0n) is 13.4. The van der Waals surface area contributed by atoms with Crippen LogP contribution in [-0.2, 0) is 4.79 Å². The largest absolute Gasteiger partial charge is 0.352 e. The van der Waals surface area contributed by atoms with Crippen LogP contribution in [0.15, 0.2) is 16.8 Å². The van der Waals surface area contributed by atoms with E-state index >= 15 is 0 Å². The number of nitrogens with one attached hydrogen (secondary N) is 1. The summed E-state index contributed by atoms with van der Waals surface area (Å²) in [5, 5.41) is 6.57. The van der Waals surface area contributed by atoms with E-state index in [-0.39, 0.29) is 11.8 Å². The van der Waals surface area contributed by atoms with Crippen molar-refractivity contribution in [1.29, 1.82) is 0 Å². The molecule has 1 aliphatic heterocycles. The molecule has 0 spiro atoms. The molecule has 2 heterocycles. The van der Waals surface area contributed by atoms with Crippen LogP contribution in [0.2, 0.25) is 0 Å². The van der Waals surface area contributed by atoms with Gasteiger partial charge in [-0.05, 0) is 31.7 Å². The van der Waals surface area contributed by atoms with E-state index in [0.29, 0.717) is 31.0 Å². The molecule has 0 unspecified atom stereocenters. The Balaban J connectivity index is 1.61. The number of carbonyl (C=O) groups excluding carboxylic acids is 2. The van der Waals surface area contributed by atoms with Crippen molar-refractivity contribution in [3.8, 4) is 0 Å². The molecule has 122 valence electrons. The Morgan fingerprint density at radius 1 is 1.27 bits per heavy atom. The summed E-state index contributed by atoms with van der Waals surface area (Å²) >= 11 is 1.51. The second-order valence-electron chi connectivity index (χ2n) is 5.88. The van der Waals surface area contributed by atoms with Gasteiger partial charge in [0.1, 0.15) is 0 Å². The Labute approximate surface area is 136 Å². The van der Waals surface area contributed by atoms with Crippen molar-refractivity contribution in [2.75, 3.05) is 32.7 Å². The van der Waals surface area contributed by atoms with E-state index in [2.05, 4.69) is 24.1 Å². The number of rotatable bonds is 6. The summed E-state index contributed by atoms with van der Waals surface area (Å²) in [7, 11) is 0. The minimum absolute atomic E-state index is 0.0563. The maximum Gasteiger partial charge on any atom is 0.252 e. The monoisotopic (exact) mass is 323 g/mol. The molecular weight excluding hydrogens is 298 g/mol.